The van der Waals surface area contributed by atoms with Crippen LogP contribution < -0.4 is 0 Å². The molecule has 19 heavy (non-hydrogen) atoms. The van der Waals surface area contributed by atoms with E-state index in [-0.39, 0.29) is 11.0 Å². The molecule has 0 amide bonds. The second-order valence-electron chi connectivity index (χ2n) is 3.70. The molecule has 0 fully saturated rings. The van der Waals surface area contributed by atoms with Gasteiger partial charge in [-0.05, 0) is 19.1 Å². The Labute approximate surface area is 108 Å². The molecular formula is C12H14O7. The van der Waals surface area contributed by atoms with Crippen molar-refractivity contribution in [3.8, 4) is 0 Å². The Morgan fingerprint density at radius 1 is 1.16 bits per heavy atom. The molecule has 0 spiro atoms. The summed E-state index contributed by atoms with van der Waals surface area (Å²) in [5.41, 5.74) is 1.11. The first-order valence-electron chi connectivity index (χ1n) is 5.12. The number of rotatable bonds is 5. The summed E-state index contributed by atoms with van der Waals surface area (Å²) in [7, 11) is 0. The Balaban J connectivity index is 0.00000324. The fourth-order valence-electron chi connectivity index (χ4n) is 1.22. The summed E-state index contributed by atoms with van der Waals surface area (Å²) in [6.45, 7) is 1.83. The monoisotopic (exact) mass is 270 g/mol. The van der Waals surface area contributed by atoms with Crippen molar-refractivity contribution in [1.29, 1.82) is 0 Å². The Morgan fingerprint density at radius 2 is 1.68 bits per heavy atom. The molecule has 104 valence electrons. The molecule has 1 aromatic carbocycles. The molecule has 0 bridgehead atoms. The van der Waals surface area contributed by atoms with Crippen molar-refractivity contribution in [2.75, 3.05) is 0 Å². The first-order chi connectivity index (χ1) is 8.40. The quantitative estimate of drug-likeness (QED) is 0.737. The zero-order chi connectivity index (χ0) is 13.7. The van der Waals surface area contributed by atoms with Crippen LogP contribution in [-0.4, -0.2) is 39.7 Å². The van der Waals surface area contributed by atoms with Gasteiger partial charge in [-0.1, -0.05) is 17.7 Å². The van der Waals surface area contributed by atoms with Crippen LogP contribution in [0.2, 0.25) is 0 Å². The van der Waals surface area contributed by atoms with Crippen molar-refractivity contribution >= 4 is 17.9 Å². The smallest absolute Gasteiger partial charge is 0.345 e. The van der Waals surface area contributed by atoms with Gasteiger partial charge in [-0.25, -0.2) is 9.59 Å². The molecule has 0 saturated heterocycles. The highest BCUT2D eigenvalue weighted by molar-refractivity contribution is 5.92. The maximum Gasteiger partial charge on any atom is 0.345 e. The van der Waals surface area contributed by atoms with Crippen LogP contribution in [0.15, 0.2) is 24.3 Å². The third-order valence-electron chi connectivity index (χ3n) is 2.17. The van der Waals surface area contributed by atoms with Crippen LogP contribution in [-0.2, 0) is 14.3 Å². The molecule has 0 saturated carbocycles. The molecule has 0 heterocycles. The average Bonchev–Trinajstić information content (AvgIpc) is 2.28. The van der Waals surface area contributed by atoms with Gasteiger partial charge in [0, 0.05) is 0 Å². The minimum atomic E-state index is -1.68. The van der Waals surface area contributed by atoms with E-state index < -0.39 is 30.4 Å². The van der Waals surface area contributed by atoms with Crippen LogP contribution in [0.3, 0.4) is 0 Å². The van der Waals surface area contributed by atoms with E-state index in [0.29, 0.717) is 0 Å². The second kappa shape index (κ2) is 7.12. The second-order valence-corrected chi connectivity index (χ2v) is 3.70. The Kier molecular flexibility index (Phi) is 6.22. The number of aliphatic carboxylic acids is 2. The summed E-state index contributed by atoms with van der Waals surface area (Å²) in [5.74, 6) is -3.69. The van der Waals surface area contributed by atoms with Crippen molar-refractivity contribution in [3.63, 3.8) is 0 Å². The van der Waals surface area contributed by atoms with E-state index in [2.05, 4.69) is 4.74 Å². The van der Waals surface area contributed by atoms with Gasteiger partial charge in [0.1, 0.15) is 0 Å². The number of aryl methyl sites for hydroxylation is 1. The summed E-state index contributed by atoms with van der Waals surface area (Å²) < 4.78 is 4.63. The van der Waals surface area contributed by atoms with E-state index in [1.165, 1.54) is 12.1 Å². The number of carboxylic acid groups (broad SMARTS) is 2. The summed E-state index contributed by atoms with van der Waals surface area (Å²) in [6, 6.07) is 6.31. The molecule has 7 heteroatoms. The number of carbonyl (C=O) groups excluding carboxylic acids is 1. The van der Waals surface area contributed by atoms with Gasteiger partial charge in [0.15, 0.2) is 0 Å². The van der Waals surface area contributed by atoms with Gasteiger partial charge in [0.2, 0.25) is 6.10 Å². The molecule has 4 N–H and O–H groups in total. The number of carboxylic acids is 2. The molecular weight excluding hydrogens is 256 g/mol. The highest BCUT2D eigenvalue weighted by Gasteiger charge is 2.25. The van der Waals surface area contributed by atoms with Gasteiger partial charge < -0.3 is 20.4 Å². The normalized spacial score (nSPS) is 11.0. The van der Waals surface area contributed by atoms with Gasteiger partial charge in [-0.3, -0.25) is 4.79 Å². The third kappa shape index (κ3) is 5.17. The lowest BCUT2D eigenvalue weighted by molar-refractivity contribution is -0.153. The van der Waals surface area contributed by atoms with E-state index in [4.69, 9.17) is 10.2 Å². The molecule has 1 atom stereocenters. The van der Waals surface area contributed by atoms with Crippen molar-refractivity contribution in [3.05, 3.63) is 35.4 Å². The van der Waals surface area contributed by atoms with Crippen molar-refractivity contribution < 1.29 is 34.8 Å². The minimum Gasteiger partial charge on any atom is -0.481 e. The molecule has 0 aliphatic rings. The number of esters is 1. The third-order valence-corrected chi connectivity index (χ3v) is 2.17. The van der Waals surface area contributed by atoms with Crippen molar-refractivity contribution in [2.45, 2.75) is 19.4 Å². The topological polar surface area (TPSA) is 132 Å². The Hall–Kier alpha value is -2.41. The van der Waals surface area contributed by atoms with Crippen LogP contribution in [0, 0.1) is 6.92 Å². The van der Waals surface area contributed by atoms with Crippen molar-refractivity contribution in [1.82, 2.24) is 0 Å². The van der Waals surface area contributed by atoms with E-state index in [9.17, 15) is 14.4 Å². The lowest BCUT2D eigenvalue weighted by Gasteiger charge is -2.11. The maximum atomic E-state index is 11.6. The standard InChI is InChI=1S/C12H12O6.H2O/c1-7-2-4-8(5-3-7)12(17)18-9(11(15)16)6-10(13)14;/h2-5,9H,6H2,1H3,(H,13,14)(H,15,16);1H2. The fourth-order valence-corrected chi connectivity index (χ4v) is 1.22. The lowest BCUT2D eigenvalue weighted by Crippen LogP contribution is -2.29. The van der Waals surface area contributed by atoms with Gasteiger partial charge >= 0.3 is 17.9 Å². The molecule has 0 radical (unpaired) electrons. The van der Waals surface area contributed by atoms with E-state index >= 15 is 0 Å². The summed E-state index contributed by atoms with van der Waals surface area (Å²) >= 11 is 0. The highest BCUT2D eigenvalue weighted by Crippen LogP contribution is 2.08. The van der Waals surface area contributed by atoms with Gasteiger partial charge in [-0.2, -0.15) is 0 Å². The summed E-state index contributed by atoms with van der Waals surface area (Å²) in [4.78, 5) is 32.7. The zero-order valence-electron chi connectivity index (χ0n) is 10.1. The van der Waals surface area contributed by atoms with Crippen LogP contribution in [0.4, 0.5) is 0 Å². The molecule has 0 aliphatic carbocycles. The summed E-state index contributed by atoms with van der Waals surface area (Å²) in [5, 5.41) is 17.2. The molecule has 7 nitrogen and oxygen atoms in total. The largest absolute Gasteiger partial charge is 0.481 e. The molecule has 1 unspecified atom stereocenters. The predicted octanol–water partition coefficient (Wildman–Crippen LogP) is 0.255. The van der Waals surface area contributed by atoms with Crippen LogP contribution in [0.5, 0.6) is 0 Å². The number of hydrogen-bond acceptors (Lipinski definition) is 4. The predicted molar refractivity (Wildman–Crippen MR) is 63.9 cm³/mol. The highest BCUT2D eigenvalue weighted by atomic mass is 16.6. The SMILES string of the molecule is Cc1ccc(C(=O)OC(CC(=O)O)C(=O)O)cc1.O. The van der Waals surface area contributed by atoms with Crippen LogP contribution in [0.25, 0.3) is 0 Å². The number of benzene rings is 1. The maximum absolute atomic E-state index is 11.6. The first-order valence-corrected chi connectivity index (χ1v) is 5.12. The zero-order valence-corrected chi connectivity index (χ0v) is 10.1. The molecule has 0 aromatic heterocycles. The van der Waals surface area contributed by atoms with Crippen LogP contribution in [0.1, 0.15) is 22.3 Å². The average molecular weight is 270 g/mol. The fraction of sp³-hybridized carbons (Fsp3) is 0.250. The number of ether oxygens (including phenoxy) is 1. The van der Waals surface area contributed by atoms with E-state index in [0.717, 1.165) is 5.56 Å². The molecule has 1 aromatic rings. The molecule has 1 rings (SSSR count). The number of carbonyl (C=O) groups is 3. The number of hydrogen-bond donors (Lipinski definition) is 2. The van der Waals surface area contributed by atoms with Crippen molar-refractivity contribution in [2.24, 2.45) is 0 Å². The van der Waals surface area contributed by atoms with Gasteiger partial charge in [-0.15, -0.1) is 0 Å². The summed E-state index contributed by atoms with van der Waals surface area (Å²) in [6.07, 6.45) is -2.45. The molecule has 0 aliphatic heterocycles. The first kappa shape index (κ1) is 16.6. The van der Waals surface area contributed by atoms with Gasteiger partial charge in [0.05, 0.1) is 12.0 Å². The van der Waals surface area contributed by atoms with Crippen LogP contribution >= 0.6 is 0 Å². The Bertz CT molecular complexity index is 463. The van der Waals surface area contributed by atoms with Gasteiger partial charge in [0.25, 0.3) is 0 Å². The Morgan fingerprint density at radius 3 is 2.11 bits per heavy atom. The van der Waals surface area contributed by atoms with E-state index in [1.807, 2.05) is 6.92 Å². The minimum absolute atomic E-state index is 0. The van der Waals surface area contributed by atoms with E-state index in [1.54, 1.807) is 12.1 Å². The lowest BCUT2D eigenvalue weighted by atomic mass is 10.1.